The zero-order valence-electron chi connectivity index (χ0n) is 12.5. The van der Waals surface area contributed by atoms with Crippen LogP contribution < -0.4 is 10.6 Å². The molecule has 0 aliphatic carbocycles. The van der Waals surface area contributed by atoms with Gasteiger partial charge >= 0.3 is 6.03 Å². The summed E-state index contributed by atoms with van der Waals surface area (Å²) in [5, 5.41) is 16.0. The molecular weight excluding hydrogens is 272 g/mol. The number of amides is 2. The van der Waals surface area contributed by atoms with E-state index >= 15 is 0 Å². The summed E-state index contributed by atoms with van der Waals surface area (Å²) < 4.78 is 0. The lowest BCUT2D eigenvalue weighted by molar-refractivity contribution is -0.383. The summed E-state index contributed by atoms with van der Waals surface area (Å²) >= 11 is 0. The minimum absolute atomic E-state index is 0.115. The Morgan fingerprint density at radius 1 is 1.29 bits per heavy atom. The van der Waals surface area contributed by atoms with Crippen molar-refractivity contribution < 1.29 is 9.72 Å². The Balaban J connectivity index is 2.39. The molecule has 7 nitrogen and oxygen atoms in total. The summed E-state index contributed by atoms with van der Waals surface area (Å²) in [6.45, 7) is 7.61. The lowest BCUT2D eigenvalue weighted by atomic mass is 10.3. The van der Waals surface area contributed by atoms with Gasteiger partial charge in [0.25, 0.3) is 5.69 Å². The Morgan fingerprint density at radius 3 is 2.57 bits per heavy atom. The van der Waals surface area contributed by atoms with E-state index in [1.807, 2.05) is 0 Å². The number of hydrogen-bond donors (Lipinski definition) is 2. The number of carbonyl (C=O) groups excluding carboxylic acids is 1. The first-order valence-electron chi connectivity index (χ1n) is 7.09. The molecule has 0 aliphatic rings. The van der Waals surface area contributed by atoms with E-state index in [0.29, 0.717) is 6.54 Å². The van der Waals surface area contributed by atoms with Crippen LogP contribution in [0.1, 0.15) is 20.3 Å². The van der Waals surface area contributed by atoms with Gasteiger partial charge in [0.15, 0.2) is 0 Å². The second-order valence-electron chi connectivity index (χ2n) is 4.54. The van der Waals surface area contributed by atoms with Crippen LogP contribution in [0.25, 0.3) is 0 Å². The van der Waals surface area contributed by atoms with Crippen LogP contribution in [0.2, 0.25) is 0 Å². The summed E-state index contributed by atoms with van der Waals surface area (Å²) in [7, 11) is 0. The zero-order valence-corrected chi connectivity index (χ0v) is 12.5. The van der Waals surface area contributed by atoms with E-state index in [9.17, 15) is 14.9 Å². The van der Waals surface area contributed by atoms with Crippen molar-refractivity contribution in [1.82, 2.24) is 10.2 Å². The first kappa shape index (κ1) is 16.9. The van der Waals surface area contributed by atoms with Gasteiger partial charge in [-0.1, -0.05) is 26.0 Å². The van der Waals surface area contributed by atoms with Gasteiger partial charge in [-0.05, 0) is 32.1 Å². The van der Waals surface area contributed by atoms with Crippen molar-refractivity contribution in [1.29, 1.82) is 0 Å². The fourth-order valence-corrected chi connectivity index (χ4v) is 1.95. The van der Waals surface area contributed by atoms with Crippen molar-refractivity contribution in [3.05, 3.63) is 34.4 Å². The van der Waals surface area contributed by atoms with E-state index in [0.717, 1.165) is 26.1 Å². The molecule has 2 N–H and O–H groups in total. The number of nitro groups is 1. The summed E-state index contributed by atoms with van der Waals surface area (Å²) in [6, 6.07) is 5.64. The summed E-state index contributed by atoms with van der Waals surface area (Å²) in [5.41, 5.74) is 0.0829. The number of nitrogens with one attached hydrogen (secondary N) is 2. The predicted octanol–water partition coefficient (Wildman–Crippen LogP) is 2.45. The molecule has 0 saturated heterocycles. The highest BCUT2D eigenvalue weighted by molar-refractivity contribution is 5.91. The molecule has 0 spiro atoms. The first-order chi connectivity index (χ1) is 10.1. The number of carbonyl (C=O) groups is 1. The normalized spacial score (nSPS) is 10.4. The second kappa shape index (κ2) is 8.91. The van der Waals surface area contributed by atoms with Crippen LogP contribution >= 0.6 is 0 Å². The fourth-order valence-electron chi connectivity index (χ4n) is 1.95. The van der Waals surface area contributed by atoms with Crippen molar-refractivity contribution in [2.75, 3.05) is 31.5 Å². The van der Waals surface area contributed by atoms with Crippen molar-refractivity contribution >= 4 is 17.4 Å². The molecule has 21 heavy (non-hydrogen) atoms. The average Bonchev–Trinajstić information content (AvgIpc) is 2.47. The molecule has 1 aromatic carbocycles. The third-order valence-corrected chi connectivity index (χ3v) is 3.18. The Morgan fingerprint density at radius 2 is 1.95 bits per heavy atom. The molecule has 0 fully saturated rings. The molecule has 1 rings (SSSR count). The molecular formula is C14H22N4O3. The Kier molecular flexibility index (Phi) is 7.17. The number of urea groups is 1. The van der Waals surface area contributed by atoms with Gasteiger partial charge < -0.3 is 15.5 Å². The van der Waals surface area contributed by atoms with Crippen molar-refractivity contribution in [2.45, 2.75) is 20.3 Å². The van der Waals surface area contributed by atoms with Crippen LogP contribution in [-0.4, -0.2) is 42.0 Å². The molecule has 0 heterocycles. The lowest BCUT2D eigenvalue weighted by Gasteiger charge is -2.17. The third kappa shape index (κ3) is 5.78. The van der Waals surface area contributed by atoms with Gasteiger partial charge in [-0.25, -0.2) is 4.79 Å². The van der Waals surface area contributed by atoms with Crippen molar-refractivity contribution in [3.63, 3.8) is 0 Å². The minimum Gasteiger partial charge on any atom is -0.338 e. The Hall–Kier alpha value is -2.15. The Labute approximate surface area is 124 Å². The highest BCUT2D eigenvalue weighted by Crippen LogP contribution is 2.22. The maximum atomic E-state index is 11.7. The fraction of sp³-hybridized carbons (Fsp3) is 0.500. The van der Waals surface area contributed by atoms with Crippen molar-refractivity contribution in [2.24, 2.45) is 0 Å². The number of benzene rings is 1. The maximum absolute atomic E-state index is 11.7. The van der Waals surface area contributed by atoms with Crippen LogP contribution in [0.4, 0.5) is 16.2 Å². The third-order valence-electron chi connectivity index (χ3n) is 3.18. The standard InChI is InChI=1S/C14H22N4O3/c1-3-17(4-2)11-7-10-15-14(19)16-12-8-5-6-9-13(12)18(20)21/h5-6,8-9H,3-4,7,10-11H2,1-2H3,(H2,15,16,19). The number of nitro benzene ring substituents is 1. The molecule has 2 amide bonds. The first-order valence-corrected chi connectivity index (χ1v) is 7.09. The van der Waals surface area contributed by atoms with Crippen LogP contribution in [-0.2, 0) is 0 Å². The highest BCUT2D eigenvalue weighted by atomic mass is 16.6. The van der Waals surface area contributed by atoms with Crippen LogP contribution in [0.15, 0.2) is 24.3 Å². The van der Waals surface area contributed by atoms with E-state index in [2.05, 4.69) is 29.4 Å². The van der Waals surface area contributed by atoms with E-state index in [1.165, 1.54) is 12.1 Å². The van der Waals surface area contributed by atoms with Crippen LogP contribution in [0.5, 0.6) is 0 Å². The highest BCUT2D eigenvalue weighted by Gasteiger charge is 2.14. The van der Waals surface area contributed by atoms with Crippen molar-refractivity contribution in [3.8, 4) is 0 Å². The maximum Gasteiger partial charge on any atom is 0.319 e. The number of rotatable bonds is 8. The topological polar surface area (TPSA) is 87.5 Å². The SMILES string of the molecule is CCN(CC)CCCNC(=O)Nc1ccccc1[N+](=O)[O-]. The van der Waals surface area contributed by atoms with Gasteiger partial charge in [0.1, 0.15) is 5.69 Å². The van der Waals surface area contributed by atoms with Gasteiger partial charge in [0, 0.05) is 12.6 Å². The van der Waals surface area contributed by atoms with Crippen LogP contribution in [0, 0.1) is 10.1 Å². The molecule has 0 radical (unpaired) electrons. The van der Waals surface area contributed by atoms with Crippen LogP contribution in [0.3, 0.4) is 0 Å². The monoisotopic (exact) mass is 294 g/mol. The smallest absolute Gasteiger partial charge is 0.319 e. The lowest BCUT2D eigenvalue weighted by Crippen LogP contribution is -2.32. The van der Waals surface area contributed by atoms with Gasteiger partial charge in [0.05, 0.1) is 4.92 Å². The predicted molar refractivity (Wildman–Crippen MR) is 82.5 cm³/mol. The molecule has 0 aliphatic heterocycles. The second-order valence-corrected chi connectivity index (χ2v) is 4.54. The quantitative estimate of drug-likeness (QED) is 0.438. The zero-order chi connectivity index (χ0) is 15.7. The molecule has 0 aromatic heterocycles. The molecule has 0 saturated carbocycles. The van der Waals surface area contributed by atoms with E-state index in [-0.39, 0.29) is 11.4 Å². The number of hydrogen-bond acceptors (Lipinski definition) is 4. The molecule has 0 bridgehead atoms. The average molecular weight is 294 g/mol. The molecule has 116 valence electrons. The number of anilines is 1. The molecule has 0 atom stereocenters. The molecule has 7 heteroatoms. The molecule has 0 unspecified atom stereocenters. The Bertz CT molecular complexity index is 475. The van der Waals surface area contributed by atoms with Gasteiger partial charge in [0.2, 0.25) is 0 Å². The minimum atomic E-state index is -0.518. The van der Waals surface area contributed by atoms with Gasteiger partial charge in [-0.15, -0.1) is 0 Å². The van der Waals surface area contributed by atoms with E-state index < -0.39 is 11.0 Å². The van der Waals surface area contributed by atoms with E-state index in [4.69, 9.17) is 0 Å². The molecule has 1 aromatic rings. The summed E-state index contributed by atoms with van der Waals surface area (Å²) in [5.74, 6) is 0. The van der Waals surface area contributed by atoms with Gasteiger partial charge in [-0.3, -0.25) is 10.1 Å². The van der Waals surface area contributed by atoms with Gasteiger partial charge in [-0.2, -0.15) is 0 Å². The summed E-state index contributed by atoms with van der Waals surface area (Å²) in [6.07, 6.45) is 0.839. The summed E-state index contributed by atoms with van der Waals surface area (Å²) in [4.78, 5) is 24.3. The largest absolute Gasteiger partial charge is 0.338 e. The number of nitrogens with zero attached hydrogens (tertiary/aromatic N) is 2. The number of para-hydroxylation sites is 2. The van der Waals surface area contributed by atoms with E-state index in [1.54, 1.807) is 12.1 Å².